The lowest BCUT2D eigenvalue weighted by molar-refractivity contribution is 0.608. The molecule has 1 saturated heterocycles. The lowest BCUT2D eigenvalue weighted by Gasteiger charge is -2.32. The molecule has 5 rings (SSSR count). The number of hydrogen-bond donors (Lipinski definition) is 2. The Hall–Kier alpha value is -2.90. The Morgan fingerprint density at radius 1 is 1.07 bits per heavy atom. The molecule has 1 fully saturated rings. The highest BCUT2D eigenvalue weighted by Crippen LogP contribution is 2.35. The summed E-state index contributed by atoms with van der Waals surface area (Å²) >= 11 is 12.7. The van der Waals surface area contributed by atoms with Crippen molar-refractivity contribution in [3.05, 3.63) is 52.4 Å². The van der Waals surface area contributed by atoms with Crippen molar-refractivity contribution < 1.29 is 0 Å². The summed E-state index contributed by atoms with van der Waals surface area (Å²) in [6.07, 6.45) is 2.89. The SMILES string of the molecule is Cc1nc(Nc2nccc3nc(-c4c(Cl)cccc4Cl)[nH]c23)cc(N2CCC2)n1. The number of nitrogens with one attached hydrogen (secondary N) is 2. The van der Waals surface area contributed by atoms with Crippen LogP contribution in [-0.2, 0) is 0 Å². The number of hydrogen-bond acceptors (Lipinski definition) is 6. The topological polar surface area (TPSA) is 82.6 Å². The van der Waals surface area contributed by atoms with Gasteiger partial charge in [0.2, 0.25) is 0 Å². The van der Waals surface area contributed by atoms with Crippen LogP contribution in [0.2, 0.25) is 10.0 Å². The maximum Gasteiger partial charge on any atom is 0.157 e. The first-order valence-electron chi connectivity index (χ1n) is 9.25. The highest BCUT2D eigenvalue weighted by molar-refractivity contribution is 6.39. The smallest absolute Gasteiger partial charge is 0.157 e. The van der Waals surface area contributed by atoms with E-state index in [2.05, 4.69) is 35.1 Å². The Balaban J connectivity index is 1.55. The number of pyridine rings is 1. The van der Waals surface area contributed by atoms with Crippen LogP contribution in [-0.4, -0.2) is 38.0 Å². The number of aryl methyl sites for hydroxylation is 1. The van der Waals surface area contributed by atoms with Crippen molar-refractivity contribution in [2.24, 2.45) is 0 Å². The van der Waals surface area contributed by atoms with Crippen LogP contribution < -0.4 is 10.2 Å². The monoisotopic (exact) mass is 425 g/mol. The van der Waals surface area contributed by atoms with Crippen molar-refractivity contribution in [3.63, 3.8) is 0 Å². The Morgan fingerprint density at radius 2 is 1.86 bits per heavy atom. The summed E-state index contributed by atoms with van der Waals surface area (Å²) in [5.74, 6) is 3.53. The van der Waals surface area contributed by atoms with E-state index in [1.54, 1.807) is 24.4 Å². The zero-order chi connectivity index (χ0) is 20.0. The quantitative estimate of drug-likeness (QED) is 0.479. The van der Waals surface area contributed by atoms with E-state index in [0.29, 0.717) is 38.9 Å². The minimum absolute atomic E-state index is 0.532. The largest absolute Gasteiger partial charge is 0.356 e. The van der Waals surface area contributed by atoms with Crippen LogP contribution in [0.25, 0.3) is 22.4 Å². The van der Waals surface area contributed by atoms with Gasteiger partial charge in [-0.1, -0.05) is 29.3 Å². The molecule has 1 aliphatic rings. The molecule has 0 radical (unpaired) electrons. The Kier molecular flexibility index (Phi) is 4.49. The van der Waals surface area contributed by atoms with Crippen molar-refractivity contribution >= 4 is 51.7 Å². The van der Waals surface area contributed by atoms with Crippen LogP contribution in [0.1, 0.15) is 12.2 Å². The maximum atomic E-state index is 6.35. The highest BCUT2D eigenvalue weighted by atomic mass is 35.5. The van der Waals surface area contributed by atoms with Gasteiger partial charge in [-0.15, -0.1) is 0 Å². The number of anilines is 3. The van der Waals surface area contributed by atoms with Crippen molar-refractivity contribution in [2.75, 3.05) is 23.3 Å². The minimum atomic E-state index is 0.532. The Morgan fingerprint density at radius 3 is 2.59 bits per heavy atom. The number of fused-ring (bicyclic) bond motifs is 1. The summed E-state index contributed by atoms with van der Waals surface area (Å²) in [5.41, 5.74) is 2.17. The van der Waals surface area contributed by atoms with E-state index in [1.165, 1.54) is 6.42 Å². The molecular weight excluding hydrogens is 409 g/mol. The molecule has 2 N–H and O–H groups in total. The standard InChI is InChI=1S/C20H17Cl2N7/c1-11-24-15(10-16(25-11)29-8-3-9-29)27-20-18-14(6-7-23-20)26-19(28-18)17-12(21)4-2-5-13(17)22/h2,4-7,10H,3,8-9H2,1H3,(H,26,28)(H,23,24,25,27). The molecule has 9 heteroatoms. The number of aromatic nitrogens is 5. The zero-order valence-electron chi connectivity index (χ0n) is 15.6. The van der Waals surface area contributed by atoms with Crippen LogP contribution in [0.4, 0.5) is 17.5 Å². The number of H-pyrrole nitrogens is 1. The second kappa shape index (κ2) is 7.17. The zero-order valence-corrected chi connectivity index (χ0v) is 17.1. The summed E-state index contributed by atoms with van der Waals surface area (Å²) in [6, 6.07) is 9.15. The first-order chi connectivity index (χ1) is 14.1. The third kappa shape index (κ3) is 3.36. The lowest BCUT2D eigenvalue weighted by atomic mass is 10.2. The fourth-order valence-corrected chi connectivity index (χ4v) is 3.89. The summed E-state index contributed by atoms with van der Waals surface area (Å²) in [5, 5.41) is 4.36. The minimum Gasteiger partial charge on any atom is -0.356 e. The van der Waals surface area contributed by atoms with E-state index in [9.17, 15) is 0 Å². The Bertz CT molecular complexity index is 1200. The molecule has 3 aromatic heterocycles. The van der Waals surface area contributed by atoms with E-state index in [0.717, 1.165) is 29.9 Å². The van der Waals surface area contributed by atoms with Crippen molar-refractivity contribution in [3.8, 4) is 11.4 Å². The van der Waals surface area contributed by atoms with Gasteiger partial charge in [0.15, 0.2) is 5.82 Å². The molecule has 146 valence electrons. The molecule has 0 amide bonds. The number of nitrogens with zero attached hydrogens (tertiary/aromatic N) is 5. The third-order valence-electron chi connectivity index (χ3n) is 4.86. The average Bonchev–Trinajstić information content (AvgIpc) is 3.04. The van der Waals surface area contributed by atoms with Gasteiger partial charge in [-0.2, -0.15) is 0 Å². The van der Waals surface area contributed by atoms with Crippen LogP contribution in [0.3, 0.4) is 0 Å². The fraction of sp³-hybridized carbons (Fsp3) is 0.200. The predicted octanol–water partition coefficient (Wildman–Crippen LogP) is 4.98. The van der Waals surface area contributed by atoms with Gasteiger partial charge in [-0.3, -0.25) is 0 Å². The first kappa shape index (κ1) is 18.1. The molecule has 29 heavy (non-hydrogen) atoms. The lowest BCUT2D eigenvalue weighted by Crippen LogP contribution is -2.37. The number of halogens is 2. The fourth-order valence-electron chi connectivity index (χ4n) is 3.32. The Labute approximate surface area is 177 Å². The van der Waals surface area contributed by atoms with Gasteiger partial charge in [0.25, 0.3) is 0 Å². The van der Waals surface area contributed by atoms with Crippen LogP contribution in [0.15, 0.2) is 36.5 Å². The number of imidazole rings is 1. The molecule has 0 aliphatic carbocycles. The van der Waals surface area contributed by atoms with Crippen molar-refractivity contribution in [1.29, 1.82) is 0 Å². The second-order valence-electron chi connectivity index (χ2n) is 6.86. The molecule has 1 aromatic carbocycles. The van der Waals surface area contributed by atoms with Gasteiger partial charge in [0, 0.05) is 25.4 Å². The molecule has 7 nitrogen and oxygen atoms in total. The number of aromatic amines is 1. The number of benzene rings is 1. The van der Waals surface area contributed by atoms with Gasteiger partial charge in [0.1, 0.15) is 28.8 Å². The van der Waals surface area contributed by atoms with E-state index in [-0.39, 0.29) is 0 Å². The number of rotatable bonds is 4. The predicted molar refractivity (Wildman–Crippen MR) is 116 cm³/mol. The molecule has 4 aromatic rings. The molecule has 0 unspecified atom stereocenters. The summed E-state index contributed by atoms with van der Waals surface area (Å²) in [7, 11) is 0. The summed E-state index contributed by atoms with van der Waals surface area (Å²) in [6.45, 7) is 3.93. The van der Waals surface area contributed by atoms with E-state index in [1.807, 2.05) is 19.1 Å². The molecular formula is C20H17Cl2N7. The molecule has 1 aliphatic heterocycles. The molecule has 4 heterocycles. The normalized spacial score (nSPS) is 13.6. The van der Waals surface area contributed by atoms with Gasteiger partial charge in [-0.25, -0.2) is 19.9 Å². The average molecular weight is 426 g/mol. The van der Waals surface area contributed by atoms with E-state index >= 15 is 0 Å². The van der Waals surface area contributed by atoms with Crippen LogP contribution in [0.5, 0.6) is 0 Å². The van der Waals surface area contributed by atoms with Gasteiger partial charge >= 0.3 is 0 Å². The maximum absolute atomic E-state index is 6.35. The van der Waals surface area contributed by atoms with Crippen molar-refractivity contribution in [1.82, 2.24) is 24.9 Å². The molecule has 0 atom stereocenters. The molecule has 0 saturated carbocycles. The van der Waals surface area contributed by atoms with Gasteiger partial charge < -0.3 is 15.2 Å². The summed E-state index contributed by atoms with van der Waals surface area (Å²) in [4.78, 5) is 23.7. The first-order valence-corrected chi connectivity index (χ1v) is 10.0. The highest BCUT2D eigenvalue weighted by Gasteiger charge is 2.18. The molecule has 0 bridgehead atoms. The third-order valence-corrected chi connectivity index (χ3v) is 5.49. The van der Waals surface area contributed by atoms with E-state index < -0.39 is 0 Å². The molecule has 0 spiro atoms. The van der Waals surface area contributed by atoms with Crippen molar-refractivity contribution in [2.45, 2.75) is 13.3 Å². The second-order valence-corrected chi connectivity index (χ2v) is 7.67. The van der Waals surface area contributed by atoms with E-state index in [4.69, 9.17) is 23.2 Å². The summed E-state index contributed by atoms with van der Waals surface area (Å²) < 4.78 is 0. The van der Waals surface area contributed by atoms with Crippen LogP contribution in [0, 0.1) is 6.92 Å². The van der Waals surface area contributed by atoms with Gasteiger partial charge in [-0.05, 0) is 31.5 Å². The van der Waals surface area contributed by atoms with Gasteiger partial charge in [0.05, 0.1) is 21.1 Å². The van der Waals surface area contributed by atoms with Crippen LogP contribution >= 0.6 is 23.2 Å².